The minimum absolute atomic E-state index is 0.143. The Bertz CT molecular complexity index is 554. The summed E-state index contributed by atoms with van der Waals surface area (Å²) in [6.45, 7) is 4.19. The van der Waals surface area contributed by atoms with E-state index in [4.69, 9.17) is 23.2 Å². The zero-order valence-electron chi connectivity index (χ0n) is 14.9. The molecule has 0 aliphatic heterocycles. The number of hydrogen-bond acceptors (Lipinski definition) is 1. The predicted molar refractivity (Wildman–Crippen MR) is 101 cm³/mol. The third kappa shape index (κ3) is 7.91. The molecule has 6 heteroatoms. The van der Waals surface area contributed by atoms with E-state index in [1.165, 1.54) is 0 Å². The van der Waals surface area contributed by atoms with Crippen molar-refractivity contribution in [1.29, 1.82) is 0 Å². The Morgan fingerprint density at radius 1 is 1.32 bits per heavy atom. The molecule has 142 valence electrons. The number of allylic oxidation sites excluding steroid dienone is 4. The molecule has 1 N–H and O–H groups in total. The summed E-state index contributed by atoms with van der Waals surface area (Å²) in [5.74, 6) is -3.07. The summed E-state index contributed by atoms with van der Waals surface area (Å²) in [6, 6.07) is 0. The Kier molecular flexibility index (Phi) is 9.73. The van der Waals surface area contributed by atoms with Crippen molar-refractivity contribution in [2.75, 3.05) is 6.54 Å². The molecule has 1 aliphatic rings. The van der Waals surface area contributed by atoms with Crippen LogP contribution in [0.4, 0.5) is 8.78 Å². The zero-order valence-corrected chi connectivity index (χ0v) is 16.5. The standard InChI is InChI=1S/C19H27Cl2F2NO/c1-3-7-14(4-2)10-12-19(22,23)11-6-13-24-18(25)15-8-5-9-16(20)17(15)21/h7-8H,3-6,9-13H2,1-2H3,(H,24,25). The molecule has 0 fully saturated rings. The number of hydrogen-bond donors (Lipinski definition) is 1. The molecule has 0 atom stereocenters. The van der Waals surface area contributed by atoms with Gasteiger partial charge in [-0.05, 0) is 38.5 Å². The summed E-state index contributed by atoms with van der Waals surface area (Å²) in [6.07, 6.45) is 6.98. The quantitative estimate of drug-likeness (QED) is 0.335. The Morgan fingerprint density at radius 2 is 2.04 bits per heavy atom. The molecular formula is C19H27Cl2F2NO. The summed E-state index contributed by atoms with van der Waals surface area (Å²) in [4.78, 5) is 12.1. The van der Waals surface area contributed by atoms with Crippen LogP contribution in [0.25, 0.3) is 0 Å². The molecule has 1 aliphatic carbocycles. The van der Waals surface area contributed by atoms with Gasteiger partial charge in [-0.3, -0.25) is 4.79 Å². The predicted octanol–water partition coefficient (Wildman–Crippen LogP) is 6.45. The van der Waals surface area contributed by atoms with Gasteiger partial charge in [-0.1, -0.05) is 54.8 Å². The van der Waals surface area contributed by atoms with E-state index >= 15 is 0 Å². The maximum atomic E-state index is 14.0. The van der Waals surface area contributed by atoms with Crippen LogP contribution in [0.5, 0.6) is 0 Å². The molecule has 0 spiro atoms. The van der Waals surface area contributed by atoms with Crippen LogP contribution in [0.15, 0.2) is 33.4 Å². The maximum absolute atomic E-state index is 14.0. The van der Waals surface area contributed by atoms with Crippen molar-refractivity contribution in [2.24, 2.45) is 0 Å². The Hall–Kier alpha value is -0.870. The number of rotatable bonds is 10. The minimum atomic E-state index is -2.71. The van der Waals surface area contributed by atoms with Crippen molar-refractivity contribution in [3.8, 4) is 0 Å². The first-order chi connectivity index (χ1) is 11.8. The third-order valence-corrected chi connectivity index (χ3v) is 5.10. The van der Waals surface area contributed by atoms with Gasteiger partial charge in [0.25, 0.3) is 5.91 Å². The molecule has 0 aromatic carbocycles. The number of alkyl halides is 2. The van der Waals surface area contributed by atoms with Crippen LogP contribution in [0.3, 0.4) is 0 Å². The first-order valence-electron chi connectivity index (χ1n) is 8.89. The van der Waals surface area contributed by atoms with E-state index in [0.717, 1.165) is 18.4 Å². The van der Waals surface area contributed by atoms with Crippen molar-refractivity contribution in [1.82, 2.24) is 5.32 Å². The highest BCUT2D eigenvalue weighted by Crippen LogP contribution is 2.31. The molecular weight excluding hydrogens is 367 g/mol. The normalized spacial score (nSPS) is 16.1. The van der Waals surface area contributed by atoms with Crippen molar-refractivity contribution in [2.45, 2.75) is 71.1 Å². The molecule has 0 aromatic heterocycles. The average molecular weight is 394 g/mol. The minimum Gasteiger partial charge on any atom is -0.352 e. The fourth-order valence-corrected chi connectivity index (χ4v) is 3.17. The number of amides is 1. The van der Waals surface area contributed by atoms with Crippen LogP contribution in [0.2, 0.25) is 0 Å². The largest absolute Gasteiger partial charge is 0.352 e. The SMILES string of the molecule is CCC=C(CC)CCC(F)(F)CCCNC(=O)C1=CCCC(Cl)=C1Cl. The van der Waals surface area contributed by atoms with Gasteiger partial charge in [0.2, 0.25) is 5.92 Å². The van der Waals surface area contributed by atoms with Crippen LogP contribution in [0.1, 0.15) is 65.2 Å². The molecule has 0 radical (unpaired) electrons. The van der Waals surface area contributed by atoms with Gasteiger partial charge in [0.05, 0.1) is 10.6 Å². The topological polar surface area (TPSA) is 29.1 Å². The summed E-state index contributed by atoms with van der Waals surface area (Å²) < 4.78 is 27.9. The highest BCUT2D eigenvalue weighted by molar-refractivity contribution is 6.42. The number of nitrogens with one attached hydrogen (secondary N) is 1. The van der Waals surface area contributed by atoms with E-state index in [0.29, 0.717) is 29.9 Å². The fourth-order valence-electron chi connectivity index (χ4n) is 2.71. The van der Waals surface area contributed by atoms with Crippen molar-refractivity contribution < 1.29 is 13.6 Å². The molecule has 0 heterocycles. The number of carbonyl (C=O) groups is 1. The van der Waals surface area contributed by atoms with Gasteiger partial charge in [-0.15, -0.1) is 0 Å². The van der Waals surface area contributed by atoms with Crippen LogP contribution >= 0.6 is 23.2 Å². The van der Waals surface area contributed by atoms with E-state index in [9.17, 15) is 13.6 Å². The van der Waals surface area contributed by atoms with Gasteiger partial charge in [-0.25, -0.2) is 8.78 Å². The molecule has 1 rings (SSSR count). The third-order valence-electron chi connectivity index (χ3n) is 4.20. The van der Waals surface area contributed by atoms with E-state index in [-0.39, 0.29) is 36.7 Å². The van der Waals surface area contributed by atoms with Crippen molar-refractivity contribution in [3.05, 3.63) is 33.4 Å². The molecule has 2 nitrogen and oxygen atoms in total. The zero-order chi connectivity index (χ0) is 18.9. The van der Waals surface area contributed by atoms with E-state index in [1.54, 1.807) is 6.08 Å². The second-order valence-corrected chi connectivity index (χ2v) is 7.05. The Labute approximate surface area is 159 Å². The Balaban J connectivity index is 2.35. The van der Waals surface area contributed by atoms with Gasteiger partial charge in [0.15, 0.2) is 0 Å². The smallest absolute Gasteiger partial charge is 0.252 e. The summed E-state index contributed by atoms with van der Waals surface area (Å²) in [5.41, 5.74) is 1.42. The van der Waals surface area contributed by atoms with Gasteiger partial charge in [0, 0.05) is 24.4 Å². The Morgan fingerprint density at radius 3 is 2.68 bits per heavy atom. The lowest BCUT2D eigenvalue weighted by atomic mass is 10.0. The van der Waals surface area contributed by atoms with E-state index in [1.807, 2.05) is 19.9 Å². The van der Waals surface area contributed by atoms with Crippen LogP contribution in [-0.4, -0.2) is 18.4 Å². The molecule has 1 amide bonds. The molecule has 0 bridgehead atoms. The van der Waals surface area contributed by atoms with Gasteiger partial charge in [0.1, 0.15) is 0 Å². The lowest BCUT2D eigenvalue weighted by molar-refractivity contribution is -0.117. The number of carbonyl (C=O) groups excluding carboxylic acids is 1. The summed E-state index contributed by atoms with van der Waals surface area (Å²) in [5, 5.41) is 3.36. The molecule has 0 saturated carbocycles. The highest BCUT2D eigenvalue weighted by atomic mass is 35.5. The second-order valence-electron chi connectivity index (χ2n) is 6.21. The highest BCUT2D eigenvalue weighted by Gasteiger charge is 2.28. The molecule has 0 aromatic rings. The van der Waals surface area contributed by atoms with Gasteiger partial charge in [-0.2, -0.15) is 0 Å². The monoisotopic (exact) mass is 393 g/mol. The lowest BCUT2D eigenvalue weighted by Gasteiger charge is -2.18. The fraction of sp³-hybridized carbons (Fsp3) is 0.632. The number of halogens is 4. The average Bonchev–Trinajstić information content (AvgIpc) is 2.57. The molecule has 0 unspecified atom stereocenters. The van der Waals surface area contributed by atoms with Gasteiger partial charge >= 0.3 is 0 Å². The molecule has 25 heavy (non-hydrogen) atoms. The van der Waals surface area contributed by atoms with Crippen LogP contribution in [0, 0.1) is 0 Å². The summed E-state index contributed by atoms with van der Waals surface area (Å²) in [7, 11) is 0. The van der Waals surface area contributed by atoms with Gasteiger partial charge < -0.3 is 5.32 Å². The van der Waals surface area contributed by atoms with E-state index in [2.05, 4.69) is 5.32 Å². The lowest BCUT2D eigenvalue weighted by Crippen LogP contribution is -2.28. The van der Waals surface area contributed by atoms with Crippen molar-refractivity contribution in [3.63, 3.8) is 0 Å². The maximum Gasteiger partial charge on any atom is 0.252 e. The second kappa shape index (κ2) is 11.0. The van der Waals surface area contributed by atoms with Crippen LogP contribution in [-0.2, 0) is 4.79 Å². The first kappa shape index (κ1) is 22.2. The first-order valence-corrected chi connectivity index (χ1v) is 9.65. The van der Waals surface area contributed by atoms with Crippen LogP contribution < -0.4 is 5.32 Å². The summed E-state index contributed by atoms with van der Waals surface area (Å²) >= 11 is 12.0. The molecule has 0 saturated heterocycles. The van der Waals surface area contributed by atoms with E-state index < -0.39 is 5.92 Å². The van der Waals surface area contributed by atoms with Crippen molar-refractivity contribution >= 4 is 29.1 Å².